The standard InChI is InChI=1S/C5H12O4S/c1-10(7,8)9-5-3-2-4-6/h6H,2-5H2,1H3. The molecule has 0 atom stereocenters. The Bertz CT molecular complexity index is 160. The lowest BCUT2D eigenvalue weighted by Crippen LogP contribution is -2.04. The van der Waals surface area contributed by atoms with Gasteiger partial charge in [0.2, 0.25) is 0 Å². The molecule has 0 aliphatic carbocycles. The molecule has 0 saturated heterocycles. The van der Waals surface area contributed by atoms with E-state index in [1.54, 1.807) is 0 Å². The second kappa shape index (κ2) is 4.65. The summed E-state index contributed by atoms with van der Waals surface area (Å²) in [4.78, 5) is 0. The number of unbranched alkanes of at least 4 members (excludes halogenated alkanes) is 1. The van der Waals surface area contributed by atoms with Gasteiger partial charge in [0.25, 0.3) is 10.1 Å². The normalized spacial score (nSPS) is 11.8. The Hall–Kier alpha value is -0.130. The minimum Gasteiger partial charge on any atom is -0.396 e. The first kappa shape index (κ1) is 9.87. The molecule has 62 valence electrons. The first-order chi connectivity index (χ1) is 4.56. The summed E-state index contributed by atoms with van der Waals surface area (Å²) in [6, 6.07) is 0. The molecule has 0 unspecified atom stereocenters. The van der Waals surface area contributed by atoms with E-state index in [1.165, 1.54) is 0 Å². The smallest absolute Gasteiger partial charge is 0.264 e. The van der Waals surface area contributed by atoms with Crippen molar-refractivity contribution in [1.82, 2.24) is 0 Å². The molecule has 0 aromatic heterocycles. The SMILES string of the molecule is CS(=O)(=O)OCCCCO. The molecule has 0 aliphatic heterocycles. The third-order valence-corrected chi connectivity index (χ3v) is 1.44. The molecule has 0 aromatic carbocycles. The van der Waals surface area contributed by atoms with E-state index in [9.17, 15) is 8.42 Å². The van der Waals surface area contributed by atoms with Crippen LogP contribution in [0, 0.1) is 0 Å². The van der Waals surface area contributed by atoms with Crippen LogP contribution in [0.2, 0.25) is 0 Å². The van der Waals surface area contributed by atoms with Gasteiger partial charge >= 0.3 is 0 Å². The molecule has 0 fully saturated rings. The van der Waals surface area contributed by atoms with E-state index in [2.05, 4.69) is 4.18 Å². The quantitative estimate of drug-likeness (QED) is 0.453. The van der Waals surface area contributed by atoms with E-state index in [1.807, 2.05) is 0 Å². The van der Waals surface area contributed by atoms with Crippen LogP contribution in [-0.4, -0.2) is 33.0 Å². The average molecular weight is 168 g/mol. The highest BCUT2D eigenvalue weighted by atomic mass is 32.2. The summed E-state index contributed by atoms with van der Waals surface area (Å²) in [5.41, 5.74) is 0. The zero-order valence-electron chi connectivity index (χ0n) is 5.91. The van der Waals surface area contributed by atoms with Gasteiger partial charge in [-0.3, -0.25) is 4.18 Å². The van der Waals surface area contributed by atoms with Gasteiger partial charge in [0, 0.05) is 6.61 Å². The molecule has 0 rings (SSSR count). The molecule has 10 heavy (non-hydrogen) atoms. The molecule has 0 saturated carbocycles. The van der Waals surface area contributed by atoms with Crippen molar-refractivity contribution in [1.29, 1.82) is 0 Å². The van der Waals surface area contributed by atoms with Gasteiger partial charge in [0.1, 0.15) is 0 Å². The van der Waals surface area contributed by atoms with Crippen LogP contribution < -0.4 is 0 Å². The average Bonchev–Trinajstić information content (AvgIpc) is 1.78. The van der Waals surface area contributed by atoms with Crippen LogP contribution in [0.25, 0.3) is 0 Å². The van der Waals surface area contributed by atoms with E-state index in [0.29, 0.717) is 12.8 Å². The zero-order chi connectivity index (χ0) is 8.04. The van der Waals surface area contributed by atoms with Gasteiger partial charge in [-0.25, -0.2) is 0 Å². The van der Waals surface area contributed by atoms with Crippen molar-refractivity contribution in [2.45, 2.75) is 12.8 Å². The van der Waals surface area contributed by atoms with Crippen molar-refractivity contribution < 1.29 is 17.7 Å². The number of aliphatic hydroxyl groups is 1. The fourth-order valence-corrected chi connectivity index (χ4v) is 0.845. The molecule has 0 amide bonds. The predicted octanol–water partition coefficient (Wildman–Crippen LogP) is -0.265. The molecule has 0 spiro atoms. The molecule has 0 aromatic rings. The topological polar surface area (TPSA) is 63.6 Å². The first-order valence-corrected chi connectivity index (χ1v) is 4.83. The van der Waals surface area contributed by atoms with Gasteiger partial charge in [-0.2, -0.15) is 8.42 Å². The van der Waals surface area contributed by atoms with Gasteiger partial charge < -0.3 is 5.11 Å². The van der Waals surface area contributed by atoms with E-state index in [4.69, 9.17) is 5.11 Å². The first-order valence-electron chi connectivity index (χ1n) is 3.01. The van der Waals surface area contributed by atoms with Crippen molar-refractivity contribution in [2.75, 3.05) is 19.5 Å². The van der Waals surface area contributed by atoms with Crippen LogP contribution in [0.1, 0.15) is 12.8 Å². The van der Waals surface area contributed by atoms with Crippen molar-refractivity contribution >= 4 is 10.1 Å². The molecule has 1 N–H and O–H groups in total. The minimum atomic E-state index is -3.29. The van der Waals surface area contributed by atoms with Gasteiger partial charge in [0.15, 0.2) is 0 Å². The van der Waals surface area contributed by atoms with Gasteiger partial charge in [-0.15, -0.1) is 0 Å². The highest BCUT2D eigenvalue weighted by molar-refractivity contribution is 7.85. The van der Waals surface area contributed by atoms with E-state index < -0.39 is 10.1 Å². The summed E-state index contributed by atoms with van der Waals surface area (Å²) in [6.07, 6.45) is 2.16. The molecule has 4 nitrogen and oxygen atoms in total. The Kier molecular flexibility index (Phi) is 4.59. The summed E-state index contributed by atoms with van der Waals surface area (Å²) < 4.78 is 25.0. The Morgan fingerprint density at radius 3 is 2.40 bits per heavy atom. The number of hydrogen-bond acceptors (Lipinski definition) is 4. The van der Waals surface area contributed by atoms with E-state index in [0.717, 1.165) is 6.26 Å². The van der Waals surface area contributed by atoms with E-state index in [-0.39, 0.29) is 13.2 Å². The Morgan fingerprint density at radius 2 is 2.00 bits per heavy atom. The lowest BCUT2D eigenvalue weighted by atomic mass is 10.3. The summed E-state index contributed by atoms with van der Waals surface area (Å²) in [5, 5.41) is 8.29. The molecule has 0 radical (unpaired) electrons. The molecular weight excluding hydrogens is 156 g/mol. The van der Waals surface area contributed by atoms with Crippen molar-refractivity contribution in [3.63, 3.8) is 0 Å². The summed E-state index contributed by atoms with van der Waals surface area (Å²) in [7, 11) is -3.29. The number of rotatable bonds is 5. The molecular formula is C5H12O4S. The lowest BCUT2D eigenvalue weighted by Gasteiger charge is -1.97. The maximum Gasteiger partial charge on any atom is 0.264 e. The molecule has 0 aliphatic rings. The van der Waals surface area contributed by atoms with Gasteiger partial charge in [-0.05, 0) is 12.8 Å². The van der Waals surface area contributed by atoms with Gasteiger partial charge in [-0.1, -0.05) is 0 Å². The van der Waals surface area contributed by atoms with E-state index >= 15 is 0 Å². The highest BCUT2D eigenvalue weighted by Gasteiger charge is 1.98. The van der Waals surface area contributed by atoms with Crippen LogP contribution in [0.5, 0.6) is 0 Å². The van der Waals surface area contributed by atoms with Crippen molar-refractivity contribution in [3.05, 3.63) is 0 Å². The second-order valence-corrected chi connectivity index (χ2v) is 3.60. The Labute approximate surface area is 60.9 Å². The summed E-state index contributed by atoms with van der Waals surface area (Å²) >= 11 is 0. The van der Waals surface area contributed by atoms with Crippen LogP contribution in [-0.2, 0) is 14.3 Å². The summed E-state index contributed by atoms with van der Waals surface area (Å²) in [5.74, 6) is 0. The van der Waals surface area contributed by atoms with Crippen LogP contribution >= 0.6 is 0 Å². The lowest BCUT2D eigenvalue weighted by molar-refractivity contribution is 0.256. The monoisotopic (exact) mass is 168 g/mol. The molecule has 0 heterocycles. The maximum atomic E-state index is 10.3. The van der Waals surface area contributed by atoms with Crippen molar-refractivity contribution in [3.8, 4) is 0 Å². The second-order valence-electron chi connectivity index (χ2n) is 1.96. The van der Waals surface area contributed by atoms with Crippen LogP contribution in [0.4, 0.5) is 0 Å². The fourth-order valence-electron chi connectivity index (χ4n) is 0.424. The highest BCUT2D eigenvalue weighted by Crippen LogP contribution is 1.92. The molecule has 0 bridgehead atoms. The predicted molar refractivity (Wildman–Crippen MR) is 37.1 cm³/mol. The number of hydrogen-bond donors (Lipinski definition) is 1. The third kappa shape index (κ3) is 7.87. The van der Waals surface area contributed by atoms with Crippen LogP contribution in [0.3, 0.4) is 0 Å². The Morgan fingerprint density at radius 1 is 1.40 bits per heavy atom. The maximum absolute atomic E-state index is 10.3. The largest absolute Gasteiger partial charge is 0.396 e. The Balaban J connectivity index is 3.21. The third-order valence-electron chi connectivity index (χ3n) is 0.850. The zero-order valence-corrected chi connectivity index (χ0v) is 6.73. The summed E-state index contributed by atoms with van der Waals surface area (Å²) in [6.45, 7) is 0.243. The van der Waals surface area contributed by atoms with Crippen LogP contribution in [0.15, 0.2) is 0 Å². The fraction of sp³-hybridized carbons (Fsp3) is 1.00. The van der Waals surface area contributed by atoms with Gasteiger partial charge in [0.05, 0.1) is 12.9 Å². The minimum absolute atomic E-state index is 0.0765. The molecule has 5 heteroatoms. The number of aliphatic hydroxyl groups excluding tert-OH is 1. The van der Waals surface area contributed by atoms with Crippen molar-refractivity contribution in [2.24, 2.45) is 0 Å².